The average Bonchev–Trinajstić information content (AvgIpc) is 2.68. The molecule has 2 N–H and O–H groups in total. The number of carboxylic acid groups (broad SMARTS) is 1. The summed E-state index contributed by atoms with van der Waals surface area (Å²) < 4.78 is 0. The van der Waals surface area contributed by atoms with Crippen molar-refractivity contribution < 1.29 is 14.7 Å². The van der Waals surface area contributed by atoms with Gasteiger partial charge in [0.25, 0.3) is 0 Å². The van der Waals surface area contributed by atoms with Crippen molar-refractivity contribution in [3.63, 3.8) is 0 Å². The quantitative estimate of drug-likeness (QED) is 0.705. The molecule has 4 nitrogen and oxygen atoms in total. The van der Waals surface area contributed by atoms with Crippen molar-refractivity contribution in [2.24, 2.45) is 0 Å². The van der Waals surface area contributed by atoms with Crippen molar-refractivity contribution in [2.75, 3.05) is 23.5 Å². The third-order valence-corrected chi connectivity index (χ3v) is 4.45. The largest absolute Gasteiger partial charge is 0.479 e. The molecule has 0 radical (unpaired) electrons. The SMILES string of the molecule is CSCCCC(=O)NC1(C(=O)O)CCSC1. The molecule has 0 saturated carbocycles. The van der Waals surface area contributed by atoms with Gasteiger partial charge in [0.15, 0.2) is 0 Å². The van der Waals surface area contributed by atoms with Gasteiger partial charge < -0.3 is 10.4 Å². The van der Waals surface area contributed by atoms with E-state index in [0.717, 1.165) is 17.9 Å². The summed E-state index contributed by atoms with van der Waals surface area (Å²) in [6.07, 6.45) is 3.74. The van der Waals surface area contributed by atoms with Crippen molar-refractivity contribution in [1.29, 1.82) is 0 Å². The van der Waals surface area contributed by atoms with Crippen LogP contribution in [0.2, 0.25) is 0 Å². The summed E-state index contributed by atoms with van der Waals surface area (Å²) in [5.74, 6) is 1.17. The maximum absolute atomic E-state index is 11.6. The van der Waals surface area contributed by atoms with Crippen LogP contribution in [0.1, 0.15) is 19.3 Å². The highest BCUT2D eigenvalue weighted by Crippen LogP contribution is 2.28. The first-order valence-corrected chi connectivity index (χ1v) is 7.77. The number of carbonyl (C=O) groups is 2. The number of hydrogen-bond acceptors (Lipinski definition) is 4. The van der Waals surface area contributed by atoms with Gasteiger partial charge in [0.2, 0.25) is 5.91 Å². The molecule has 1 amide bonds. The van der Waals surface area contributed by atoms with Crippen LogP contribution in [0.4, 0.5) is 0 Å². The van der Waals surface area contributed by atoms with E-state index in [1.54, 1.807) is 23.5 Å². The van der Waals surface area contributed by atoms with E-state index in [0.29, 0.717) is 18.6 Å². The molecular weight excluding hydrogens is 246 g/mol. The Kier molecular flexibility index (Phi) is 5.48. The van der Waals surface area contributed by atoms with E-state index in [9.17, 15) is 9.59 Å². The Labute approximate surface area is 104 Å². The number of hydrogen-bond donors (Lipinski definition) is 2. The number of rotatable bonds is 6. The van der Waals surface area contributed by atoms with Gasteiger partial charge in [-0.05, 0) is 30.6 Å². The zero-order valence-electron chi connectivity index (χ0n) is 9.32. The molecule has 0 aliphatic carbocycles. The first-order valence-electron chi connectivity index (χ1n) is 5.22. The highest BCUT2D eigenvalue weighted by Gasteiger charge is 2.42. The number of amides is 1. The first-order chi connectivity index (χ1) is 7.60. The monoisotopic (exact) mass is 263 g/mol. The van der Waals surface area contributed by atoms with Crippen molar-refractivity contribution in [3.8, 4) is 0 Å². The Balaban J connectivity index is 2.43. The predicted octanol–water partition coefficient (Wildman–Crippen LogP) is 1.21. The smallest absolute Gasteiger partial charge is 0.330 e. The third-order valence-electron chi connectivity index (χ3n) is 2.56. The number of aliphatic carboxylic acids is 1. The summed E-state index contributed by atoms with van der Waals surface area (Å²) in [6.45, 7) is 0. The minimum absolute atomic E-state index is 0.140. The maximum atomic E-state index is 11.6. The van der Waals surface area contributed by atoms with E-state index in [1.807, 2.05) is 6.26 Å². The van der Waals surface area contributed by atoms with Crippen molar-refractivity contribution in [3.05, 3.63) is 0 Å². The summed E-state index contributed by atoms with van der Waals surface area (Å²) in [5, 5.41) is 11.8. The Morgan fingerprint density at radius 2 is 2.31 bits per heavy atom. The summed E-state index contributed by atoms with van der Waals surface area (Å²) in [4.78, 5) is 22.7. The second kappa shape index (κ2) is 6.39. The zero-order valence-corrected chi connectivity index (χ0v) is 11.0. The van der Waals surface area contributed by atoms with Crippen LogP contribution in [-0.2, 0) is 9.59 Å². The van der Waals surface area contributed by atoms with Gasteiger partial charge in [0.05, 0.1) is 0 Å². The van der Waals surface area contributed by atoms with Gasteiger partial charge in [-0.3, -0.25) is 4.79 Å². The molecule has 0 aromatic heterocycles. The normalized spacial score (nSPS) is 24.3. The van der Waals surface area contributed by atoms with Crippen LogP contribution >= 0.6 is 23.5 Å². The summed E-state index contributed by atoms with van der Waals surface area (Å²) in [7, 11) is 0. The Morgan fingerprint density at radius 1 is 1.56 bits per heavy atom. The number of carboxylic acids is 1. The standard InChI is InChI=1S/C10H17NO3S2/c1-15-5-2-3-8(12)11-10(9(13)14)4-6-16-7-10/h2-7H2,1H3,(H,11,12)(H,13,14). The first kappa shape index (κ1) is 13.7. The van der Waals surface area contributed by atoms with Crippen molar-refractivity contribution in [2.45, 2.75) is 24.8 Å². The van der Waals surface area contributed by atoms with Crippen LogP contribution in [0.5, 0.6) is 0 Å². The van der Waals surface area contributed by atoms with Crippen LogP contribution in [0.3, 0.4) is 0 Å². The van der Waals surface area contributed by atoms with Gasteiger partial charge in [-0.1, -0.05) is 0 Å². The van der Waals surface area contributed by atoms with E-state index >= 15 is 0 Å². The van der Waals surface area contributed by atoms with Crippen molar-refractivity contribution >= 4 is 35.4 Å². The molecule has 1 heterocycles. The van der Waals surface area contributed by atoms with E-state index in [2.05, 4.69) is 5.32 Å². The summed E-state index contributed by atoms with van der Waals surface area (Å²) >= 11 is 3.27. The minimum Gasteiger partial charge on any atom is -0.479 e. The molecule has 0 spiro atoms. The molecule has 1 atom stereocenters. The molecule has 0 aromatic rings. The lowest BCUT2D eigenvalue weighted by atomic mass is 9.99. The van der Waals surface area contributed by atoms with Crippen LogP contribution in [0, 0.1) is 0 Å². The topological polar surface area (TPSA) is 66.4 Å². The molecule has 16 heavy (non-hydrogen) atoms. The van der Waals surface area contributed by atoms with E-state index in [4.69, 9.17) is 5.11 Å². The van der Waals surface area contributed by atoms with Gasteiger partial charge in [-0.25, -0.2) is 4.79 Å². The lowest BCUT2D eigenvalue weighted by Crippen LogP contribution is -2.54. The third kappa shape index (κ3) is 3.59. The summed E-state index contributed by atoms with van der Waals surface area (Å²) in [5.41, 5.74) is -1.01. The molecular formula is C10H17NO3S2. The Bertz CT molecular complexity index is 265. The molecule has 0 bridgehead atoms. The van der Waals surface area contributed by atoms with E-state index < -0.39 is 11.5 Å². The highest BCUT2D eigenvalue weighted by atomic mass is 32.2. The minimum atomic E-state index is -1.01. The van der Waals surface area contributed by atoms with Crippen LogP contribution in [-0.4, -0.2) is 46.0 Å². The van der Waals surface area contributed by atoms with E-state index in [1.165, 1.54) is 0 Å². The molecule has 92 valence electrons. The van der Waals surface area contributed by atoms with E-state index in [-0.39, 0.29) is 5.91 Å². The van der Waals surface area contributed by atoms with Gasteiger partial charge in [-0.15, -0.1) is 0 Å². The average molecular weight is 263 g/mol. The molecule has 6 heteroatoms. The molecule has 1 rings (SSSR count). The number of carbonyl (C=O) groups excluding carboxylic acids is 1. The molecule has 1 aliphatic rings. The Hall–Kier alpha value is -0.360. The van der Waals surface area contributed by atoms with Crippen LogP contribution < -0.4 is 5.32 Å². The van der Waals surface area contributed by atoms with Crippen LogP contribution in [0.15, 0.2) is 0 Å². The fourth-order valence-electron chi connectivity index (χ4n) is 1.59. The second-order valence-electron chi connectivity index (χ2n) is 3.83. The molecule has 1 saturated heterocycles. The van der Waals surface area contributed by atoms with Gasteiger partial charge in [-0.2, -0.15) is 23.5 Å². The van der Waals surface area contributed by atoms with Gasteiger partial charge >= 0.3 is 5.97 Å². The lowest BCUT2D eigenvalue weighted by Gasteiger charge is -2.24. The van der Waals surface area contributed by atoms with Gasteiger partial charge in [0.1, 0.15) is 5.54 Å². The second-order valence-corrected chi connectivity index (χ2v) is 5.93. The Morgan fingerprint density at radius 3 is 2.81 bits per heavy atom. The highest BCUT2D eigenvalue weighted by molar-refractivity contribution is 7.99. The molecule has 1 aliphatic heterocycles. The van der Waals surface area contributed by atoms with Gasteiger partial charge in [0, 0.05) is 12.2 Å². The lowest BCUT2D eigenvalue weighted by molar-refractivity contribution is -0.146. The van der Waals surface area contributed by atoms with Crippen LogP contribution in [0.25, 0.3) is 0 Å². The fraction of sp³-hybridized carbons (Fsp3) is 0.800. The van der Waals surface area contributed by atoms with Crippen molar-refractivity contribution in [1.82, 2.24) is 5.32 Å². The molecule has 0 aromatic carbocycles. The molecule has 1 unspecified atom stereocenters. The summed E-state index contributed by atoms with van der Waals surface area (Å²) in [6, 6.07) is 0. The molecule has 1 fully saturated rings. The number of nitrogens with one attached hydrogen (secondary N) is 1. The fourth-order valence-corrected chi connectivity index (χ4v) is 3.35. The number of thioether (sulfide) groups is 2. The maximum Gasteiger partial charge on any atom is 0.330 e. The zero-order chi connectivity index (χ0) is 12.0. The predicted molar refractivity (Wildman–Crippen MR) is 68.1 cm³/mol.